The van der Waals surface area contributed by atoms with Crippen LogP contribution in [0, 0.1) is 13.8 Å². The van der Waals surface area contributed by atoms with E-state index in [-0.39, 0.29) is 0 Å². The second-order valence-electron chi connectivity index (χ2n) is 5.74. The molecule has 3 nitrogen and oxygen atoms in total. The molecule has 1 N–H and O–H groups in total. The minimum absolute atomic E-state index is 0.465. The number of rotatable bonds is 6. The van der Waals surface area contributed by atoms with Gasteiger partial charge in [-0.1, -0.05) is 42.4 Å². The highest BCUT2D eigenvalue weighted by molar-refractivity contribution is 5.99. The number of benzene rings is 2. The van der Waals surface area contributed by atoms with Gasteiger partial charge < -0.3 is 10.2 Å². The van der Waals surface area contributed by atoms with E-state index in [0.29, 0.717) is 6.61 Å². The van der Waals surface area contributed by atoms with Crippen molar-refractivity contribution in [1.82, 2.24) is 0 Å². The summed E-state index contributed by atoms with van der Waals surface area (Å²) >= 11 is 0. The Morgan fingerprint density at radius 3 is 2.57 bits per heavy atom. The average molecular weight is 310 g/mol. The topological polar surface area (TPSA) is 33.6 Å². The zero-order chi connectivity index (χ0) is 16.8. The molecule has 0 unspecified atom stereocenters. The van der Waals surface area contributed by atoms with Gasteiger partial charge in [0.05, 0.1) is 5.71 Å². The molecule has 0 amide bonds. The highest BCUT2D eigenvalue weighted by Crippen LogP contribution is 2.20. The van der Waals surface area contributed by atoms with Crippen molar-refractivity contribution in [2.45, 2.75) is 40.7 Å². The summed E-state index contributed by atoms with van der Waals surface area (Å²) in [6.07, 6.45) is 1.03. The number of oxime groups is 1. The smallest absolute Gasteiger partial charge is 0.144 e. The zero-order valence-corrected chi connectivity index (χ0v) is 14.7. The van der Waals surface area contributed by atoms with Crippen LogP contribution in [0.15, 0.2) is 41.6 Å². The molecule has 23 heavy (non-hydrogen) atoms. The van der Waals surface area contributed by atoms with Crippen molar-refractivity contribution in [3.8, 4) is 0 Å². The molecule has 2 aromatic rings. The fourth-order valence-electron chi connectivity index (χ4n) is 2.83. The van der Waals surface area contributed by atoms with Crippen LogP contribution in [0.1, 0.15) is 41.7 Å². The van der Waals surface area contributed by atoms with Gasteiger partial charge in [-0.15, -0.1) is 0 Å². The van der Waals surface area contributed by atoms with Gasteiger partial charge in [-0.3, -0.25) is 0 Å². The molecule has 0 saturated heterocycles. The molecule has 0 aliphatic carbocycles. The Hall–Kier alpha value is -2.29. The Balaban J connectivity index is 2.15. The summed E-state index contributed by atoms with van der Waals surface area (Å²) < 4.78 is 0. The fraction of sp³-hybridized carbons (Fsp3) is 0.350. The Labute approximate surface area is 139 Å². The van der Waals surface area contributed by atoms with E-state index in [1.165, 1.54) is 16.7 Å². The van der Waals surface area contributed by atoms with E-state index in [9.17, 15) is 0 Å². The summed E-state index contributed by atoms with van der Waals surface area (Å²) in [4.78, 5) is 5.64. The summed E-state index contributed by atoms with van der Waals surface area (Å²) in [5.74, 6) is 0. The Morgan fingerprint density at radius 2 is 1.87 bits per heavy atom. The number of nitrogens with one attached hydrogen (secondary N) is 1. The highest BCUT2D eigenvalue weighted by Gasteiger charge is 2.07. The summed E-state index contributed by atoms with van der Waals surface area (Å²) in [7, 11) is 1.92. The van der Waals surface area contributed by atoms with Crippen LogP contribution in [-0.2, 0) is 17.9 Å². The van der Waals surface area contributed by atoms with Gasteiger partial charge >= 0.3 is 0 Å². The van der Waals surface area contributed by atoms with Gasteiger partial charge in [-0.05, 0) is 49.9 Å². The summed E-state index contributed by atoms with van der Waals surface area (Å²) in [6.45, 7) is 8.87. The zero-order valence-electron chi connectivity index (χ0n) is 14.7. The lowest BCUT2D eigenvalue weighted by Gasteiger charge is -2.12. The molecule has 0 fully saturated rings. The molecule has 2 aromatic carbocycles. The fourth-order valence-corrected chi connectivity index (χ4v) is 2.83. The lowest BCUT2D eigenvalue weighted by Crippen LogP contribution is -2.03. The Morgan fingerprint density at radius 1 is 1.13 bits per heavy atom. The van der Waals surface area contributed by atoms with Crippen molar-refractivity contribution in [2.75, 3.05) is 12.4 Å². The van der Waals surface area contributed by atoms with E-state index in [4.69, 9.17) is 4.84 Å². The maximum atomic E-state index is 5.64. The molecule has 0 bridgehead atoms. The number of anilines is 1. The van der Waals surface area contributed by atoms with E-state index in [0.717, 1.165) is 28.9 Å². The van der Waals surface area contributed by atoms with Gasteiger partial charge in [0.15, 0.2) is 0 Å². The largest absolute Gasteiger partial charge is 0.391 e. The van der Waals surface area contributed by atoms with Gasteiger partial charge in [0.1, 0.15) is 6.61 Å². The van der Waals surface area contributed by atoms with Crippen molar-refractivity contribution in [3.63, 3.8) is 0 Å². The monoisotopic (exact) mass is 310 g/mol. The van der Waals surface area contributed by atoms with Crippen LogP contribution >= 0.6 is 0 Å². The van der Waals surface area contributed by atoms with Crippen LogP contribution in [0.4, 0.5) is 5.69 Å². The minimum Gasteiger partial charge on any atom is -0.391 e. The third kappa shape index (κ3) is 3.92. The lowest BCUT2D eigenvalue weighted by molar-refractivity contribution is 0.130. The SMILES string of the molecule is CCc1cccc(C(C)=NOCc2c(C)cccc2NC)c1C. The first kappa shape index (κ1) is 17.1. The average Bonchev–Trinajstić information content (AvgIpc) is 2.56. The first-order chi connectivity index (χ1) is 11.1. The van der Waals surface area contributed by atoms with Crippen LogP contribution in [0.25, 0.3) is 0 Å². The molecule has 0 aliphatic heterocycles. The van der Waals surface area contributed by atoms with Crippen LogP contribution in [0.3, 0.4) is 0 Å². The van der Waals surface area contributed by atoms with Gasteiger partial charge in [0, 0.05) is 23.9 Å². The van der Waals surface area contributed by atoms with Crippen LogP contribution in [0.2, 0.25) is 0 Å². The summed E-state index contributed by atoms with van der Waals surface area (Å²) in [5.41, 5.74) is 8.14. The highest BCUT2D eigenvalue weighted by atomic mass is 16.6. The van der Waals surface area contributed by atoms with E-state index in [1.54, 1.807) is 0 Å². The van der Waals surface area contributed by atoms with Crippen molar-refractivity contribution >= 4 is 11.4 Å². The third-order valence-electron chi connectivity index (χ3n) is 4.31. The van der Waals surface area contributed by atoms with E-state index in [1.807, 2.05) is 20.0 Å². The molecule has 3 heteroatoms. The molecular weight excluding hydrogens is 284 g/mol. The molecule has 0 atom stereocenters. The number of hydrogen-bond donors (Lipinski definition) is 1. The van der Waals surface area contributed by atoms with Crippen molar-refractivity contribution in [3.05, 3.63) is 64.2 Å². The number of nitrogens with zero attached hydrogens (tertiary/aromatic N) is 1. The molecule has 0 saturated carbocycles. The third-order valence-corrected chi connectivity index (χ3v) is 4.31. The molecule has 0 aliphatic rings. The summed E-state index contributed by atoms with van der Waals surface area (Å²) in [5, 5.41) is 7.53. The second kappa shape index (κ2) is 7.82. The van der Waals surface area contributed by atoms with Gasteiger partial charge in [-0.2, -0.15) is 0 Å². The molecule has 2 rings (SSSR count). The normalized spacial score (nSPS) is 11.4. The Bertz CT molecular complexity index is 705. The van der Waals surface area contributed by atoms with Crippen molar-refractivity contribution in [2.24, 2.45) is 5.16 Å². The number of aryl methyl sites for hydroxylation is 2. The maximum Gasteiger partial charge on any atom is 0.144 e. The van der Waals surface area contributed by atoms with E-state index in [2.05, 4.69) is 61.6 Å². The molecule has 0 spiro atoms. The quantitative estimate of drug-likeness (QED) is 0.611. The number of hydrogen-bond acceptors (Lipinski definition) is 3. The van der Waals surface area contributed by atoms with Crippen LogP contribution in [-0.4, -0.2) is 12.8 Å². The summed E-state index contributed by atoms with van der Waals surface area (Å²) in [6, 6.07) is 12.5. The predicted molar refractivity (Wildman–Crippen MR) is 98.3 cm³/mol. The molecule has 0 radical (unpaired) electrons. The molecule has 0 heterocycles. The van der Waals surface area contributed by atoms with E-state index >= 15 is 0 Å². The molecule has 122 valence electrons. The van der Waals surface area contributed by atoms with Crippen molar-refractivity contribution in [1.29, 1.82) is 0 Å². The van der Waals surface area contributed by atoms with Crippen LogP contribution < -0.4 is 5.32 Å². The minimum atomic E-state index is 0.465. The second-order valence-corrected chi connectivity index (χ2v) is 5.74. The maximum absolute atomic E-state index is 5.64. The van der Waals surface area contributed by atoms with Crippen molar-refractivity contribution < 1.29 is 4.84 Å². The standard InChI is InChI=1S/C20H26N2O/c1-6-17-10-8-11-18(15(17)3)16(4)22-23-13-19-14(2)9-7-12-20(19)21-5/h7-12,21H,6,13H2,1-5H3. The lowest BCUT2D eigenvalue weighted by atomic mass is 9.98. The molecule has 0 aromatic heterocycles. The first-order valence-corrected chi connectivity index (χ1v) is 8.10. The predicted octanol–water partition coefficient (Wildman–Crippen LogP) is 4.85. The van der Waals surface area contributed by atoms with Crippen LogP contribution in [0.5, 0.6) is 0 Å². The van der Waals surface area contributed by atoms with Gasteiger partial charge in [-0.25, -0.2) is 0 Å². The first-order valence-electron chi connectivity index (χ1n) is 8.10. The van der Waals surface area contributed by atoms with Gasteiger partial charge in [0.25, 0.3) is 0 Å². The van der Waals surface area contributed by atoms with Gasteiger partial charge in [0.2, 0.25) is 0 Å². The molecular formula is C20H26N2O. The Kier molecular flexibility index (Phi) is 5.80. The van der Waals surface area contributed by atoms with E-state index < -0.39 is 0 Å².